The van der Waals surface area contributed by atoms with Crippen LogP contribution >= 0.6 is 0 Å². The zero-order chi connectivity index (χ0) is 23.9. The van der Waals surface area contributed by atoms with Gasteiger partial charge in [-0.05, 0) is 36.4 Å². The van der Waals surface area contributed by atoms with Crippen LogP contribution in [0.3, 0.4) is 0 Å². The van der Waals surface area contributed by atoms with Gasteiger partial charge in [0, 0.05) is 43.0 Å². The average molecular weight is 450 g/mol. The Labute approximate surface area is 192 Å². The number of aromatic nitrogens is 2. The van der Waals surface area contributed by atoms with E-state index in [2.05, 4.69) is 21.9 Å². The van der Waals surface area contributed by atoms with E-state index < -0.39 is 5.91 Å². The normalized spacial score (nSPS) is 10.4. The summed E-state index contributed by atoms with van der Waals surface area (Å²) in [6.45, 7) is 1.80. The van der Waals surface area contributed by atoms with Crippen molar-refractivity contribution in [2.45, 2.75) is 13.0 Å². The Morgan fingerprint density at radius 1 is 1.12 bits per heavy atom. The van der Waals surface area contributed by atoms with Gasteiger partial charge < -0.3 is 9.88 Å². The third-order valence-corrected chi connectivity index (χ3v) is 4.51. The highest BCUT2D eigenvalue weighted by Crippen LogP contribution is 2.09. The van der Waals surface area contributed by atoms with Gasteiger partial charge >= 0.3 is 0 Å². The lowest BCUT2D eigenvalue weighted by Gasteiger charge is -2.16. The van der Waals surface area contributed by atoms with Gasteiger partial charge in [0.25, 0.3) is 11.8 Å². The Morgan fingerprint density at radius 2 is 1.85 bits per heavy atom. The molecule has 1 heterocycles. The number of carbonyl (C=O) groups is 3. The lowest BCUT2D eigenvalue weighted by Crippen LogP contribution is -2.20. The molecule has 3 aromatic rings. The van der Waals surface area contributed by atoms with Crippen LogP contribution in [0.5, 0.6) is 0 Å². The molecule has 0 unspecified atom stereocenters. The van der Waals surface area contributed by atoms with Crippen molar-refractivity contribution in [3.8, 4) is 0 Å². The summed E-state index contributed by atoms with van der Waals surface area (Å²) >= 11 is 0. The molecule has 9 heteroatoms. The third-order valence-electron chi connectivity index (χ3n) is 4.51. The Morgan fingerprint density at radius 3 is 2.45 bits per heavy atom. The zero-order valence-electron chi connectivity index (χ0n) is 18.3. The minimum Gasteiger partial charge on any atom is -0.348 e. The molecule has 0 aliphatic rings. The van der Waals surface area contributed by atoms with E-state index in [0.29, 0.717) is 12.0 Å². The summed E-state index contributed by atoms with van der Waals surface area (Å²) in [6.07, 6.45) is 7.78. The summed E-state index contributed by atoms with van der Waals surface area (Å²) in [5, 5.41) is 10.5. The topological polar surface area (TPSA) is 127 Å². The quantitative estimate of drug-likeness (QED) is 0.172. The second-order valence-electron chi connectivity index (χ2n) is 7.07. The number of nitrogens with zero attached hydrogens (tertiary/aromatic N) is 2. The summed E-state index contributed by atoms with van der Waals surface area (Å²) in [6, 6.07) is 16.5. The molecule has 0 spiro atoms. The molecule has 0 aliphatic carbocycles. The van der Waals surface area contributed by atoms with E-state index in [1.165, 1.54) is 11.6 Å². The van der Waals surface area contributed by atoms with Gasteiger partial charge in [0.05, 0.1) is 6.33 Å². The Hall–Kier alpha value is -4.08. The number of H-pyrrole nitrogens is 1. The van der Waals surface area contributed by atoms with Gasteiger partial charge in [-0.25, -0.2) is 10.5 Å². The van der Waals surface area contributed by atoms with E-state index in [4.69, 9.17) is 5.21 Å². The highest BCUT2D eigenvalue weighted by atomic mass is 16.5. The molecular formula is C24H27N5O4. The summed E-state index contributed by atoms with van der Waals surface area (Å²) in [4.78, 5) is 41.0. The fraction of sp³-hybridized carbons (Fsp3) is 0.167. The highest BCUT2D eigenvalue weighted by Gasteiger charge is 2.02. The van der Waals surface area contributed by atoms with Crippen molar-refractivity contribution in [2.24, 2.45) is 0 Å². The Bertz CT molecular complexity index is 1020. The first kappa shape index (κ1) is 25.2. The summed E-state index contributed by atoms with van der Waals surface area (Å²) in [5.74, 6) is -0.914. The van der Waals surface area contributed by atoms with Crippen LogP contribution in [0.2, 0.25) is 0 Å². The molecule has 0 saturated heterocycles. The number of hydrogen-bond acceptors (Lipinski definition) is 6. The zero-order valence-corrected chi connectivity index (χ0v) is 18.3. The van der Waals surface area contributed by atoms with E-state index in [1.807, 2.05) is 35.8 Å². The fourth-order valence-corrected chi connectivity index (χ4v) is 2.79. The molecule has 9 nitrogen and oxygen atoms in total. The number of aromatic amines is 1. The van der Waals surface area contributed by atoms with Crippen molar-refractivity contribution in [1.29, 1.82) is 0 Å². The molecule has 3 rings (SSSR count). The minimum absolute atomic E-state index is 0.370. The van der Waals surface area contributed by atoms with Crippen LogP contribution in [-0.4, -0.2) is 51.9 Å². The minimum atomic E-state index is -0.539. The number of rotatable bonds is 9. The molecule has 0 saturated carbocycles. The number of hydroxylamine groups is 1. The van der Waals surface area contributed by atoms with Gasteiger partial charge in [0.15, 0.2) is 0 Å². The fourth-order valence-electron chi connectivity index (χ4n) is 2.79. The molecule has 2 aromatic carbocycles. The molecule has 0 fully saturated rings. The van der Waals surface area contributed by atoms with E-state index in [1.54, 1.807) is 48.2 Å². The molecule has 172 valence electrons. The maximum atomic E-state index is 10.9. The molecule has 0 atom stereocenters. The van der Waals surface area contributed by atoms with Crippen LogP contribution in [0, 0.1) is 0 Å². The third kappa shape index (κ3) is 9.72. The SMILES string of the molecule is CN(CCc1cnc[nH]1)Cc1ccc(/C=C/C(=O)NO)cc1.O=CNC(=O)c1ccccc1. The monoisotopic (exact) mass is 449 g/mol. The molecule has 33 heavy (non-hydrogen) atoms. The van der Waals surface area contributed by atoms with E-state index in [9.17, 15) is 14.4 Å². The molecular weight excluding hydrogens is 422 g/mol. The van der Waals surface area contributed by atoms with Crippen LogP contribution in [0.4, 0.5) is 0 Å². The number of carbonyl (C=O) groups excluding carboxylic acids is 3. The Kier molecular flexibility index (Phi) is 10.7. The first-order valence-corrected chi connectivity index (χ1v) is 10.2. The number of benzene rings is 2. The van der Waals surface area contributed by atoms with E-state index in [-0.39, 0.29) is 5.91 Å². The predicted molar refractivity (Wildman–Crippen MR) is 124 cm³/mol. The summed E-state index contributed by atoms with van der Waals surface area (Å²) in [7, 11) is 2.08. The van der Waals surface area contributed by atoms with Gasteiger partial charge in [-0.3, -0.25) is 24.9 Å². The largest absolute Gasteiger partial charge is 0.348 e. The standard InChI is InChI=1S/C16H20N4O2.C8H7NO2/c1-20(9-8-15-10-17-12-18-15)11-14-4-2-13(3-5-14)6-7-16(21)19-22;10-6-9-8(11)7-4-2-1-3-5-7/h2-7,10,12,22H,8-9,11H2,1H3,(H,17,18)(H,19,21);1-6H,(H,9,10,11)/b7-6+;. The highest BCUT2D eigenvalue weighted by molar-refractivity contribution is 5.99. The van der Waals surface area contributed by atoms with Crippen LogP contribution in [-0.2, 0) is 22.6 Å². The van der Waals surface area contributed by atoms with Gasteiger partial charge in [-0.2, -0.15) is 0 Å². The lowest BCUT2D eigenvalue weighted by atomic mass is 10.1. The smallest absolute Gasteiger partial charge is 0.267 e. The van der Waals surface area contributed by atoms with E-state index >= 15 is 0 Å². The lowest BCUT2D eigenvalue weighted by molar-refractivity contribution is -0.124. The number of hydrogen-bond donors (Lipinski definition) is 4. The number of amides is 3. The van der Waals surface area contributed by atoms with Crippen LogP contribution in [0.25, 0.3) is 6.08 Å². The summed E-state index contributed by atoms with van der Waals surface area (Å²) < 4.78 is 0. The van der Waals surface area contributed by atoms with Gasteiger partial charge in [-0.1, -0.05) is 42.5 Å². The first-order valence-electron chi connectivity index (χ1n) is 10.2. The summed E-state index contributed by atoms with van der Waals surface area (Å²) in [5.41, 5.74) is 5.29. The van der Waals surface area contributed by atoms with Crippen molar-refractivity contribution in [3.63, 3.8) is 0 Å². The van der Waals surface area contributed by atoms with Crippen molar-refractivity contribution >= 4 is 24.3 Å². The van der Waals surface area contributed by atoms with E-state index in [0.717, 1.165) is 30.8 Å². The number of imidazole rings is 1. The second kappa shape index (κ2) is 14.1. The molecule has 0 bridgehead atoms. The van der Waals surface area contributed by atoms with Crippen molar-refractivity contribution < 1.29 is 19.6 Å². The maximum absolute atomic E-state index is 10.9. The number of likely N-dealkylation sites (N-methyl/N-ethyl adjacent to an activating group) is 1. The molecule has 0 aliphatic heterocycles. The van der Waals surface area contributed by atoms with Gasteiger partial charge in [-0.15, -0.1) is 0 Å². The van der Waals surface area contributed by atoms with Crippen molar-refractivity contribution in [1.82, 2.24) is 25.7 Å². The molecule has 3 amide bonds. The average Bonchev–Trinajstić information content (AvgIpc) is 3.37. The number of imide groups is 1. The van der Waals surface area contributed by atoms with Gasteiger partial charge in [0.2, 0.25) is 6.41 Å². The molecule has 4 N–H and O–H groups in total. The van der Waals surface area contributed by atoms with Crippen molar-refractivity contribution in [2.75, 3.05) is 13.6 Å². The van der Waals surface area contributed by atoms with Crippen molar-refractivity contribution in [3.05, 3.63) is 95.6 Å². The second-order valence-corrected chi connectivity index (χ2v) is 7.07. The molecule has 0 radical (unpaired) electrons. The number of nitrogens with one attached hydrogen (secondary N) is 3. The Balaban J connectivity index is 0.000000294. The van der Waals surface area contributed by atoms with Crippen LogP contribution in [0.1, 0.15) is 27.2 Å². The first-order chi connectivity index (χ1) is 16.0. The maximum Gasteiger partial charge on any atom is 0.267 e. The van der Waals surface area contributed by atoms with Gasteiger partial charge in [0.1, 0.15) is 0 Å². The van der Waals surface area contributed by atoms with Crippen LogP contribution in [0.15, 0.2) is 73.2 Å². The molecule has 1 aromatic heterocycles. The van der Waals surface area contributed by atoms with Crippen LogP contribution < -0.4 is 10.8 Å². The predicted octanol–water partition coefficient (Wildman–Crippen LogP) is 2.18.